The Morgan fingerprint density at radius 3 is 2.41 bits per heavy atom. The van der Waals surface area contributed by atoms with Crippen LogP contribution in [0.5, 0.6) is 11.5 Å². The molecule has 5 rings (SSSR count). The van der Waals surface area contributed by atoms with E-state index >= 15 is 0 Å². The number of Topliss-reactive ketones (excluding diaryl/α,β-unsaturated/α-hetero) is 1. The number of ketones is 1. The first kappa shape index (κ1) is 24.5. The Labute approximate surface area is 216 Å². The molecule has 1 unspecified atom stereocenters. The summed E-state index contributed by atoms with van der Waals surface area (Å²) in [6.45, 7) is 0.116. The molecule has 2 heterocycles. The van der Waals surface area contributed by atoms with Gasteiger partial charge in [0.2, 0.25) is 12.7 Å². The molecule has 188 valence electrons. The molecule has 1 saturated heterocycles. The maximum Gasteiger partial charge on any atom is 0.338 e. The summed E-state index contributed by atoms with van der Waals surface area (Å²) >= 11 is 5.81. The van der Waals surface area contributed by atoms with E-state index in [0.717, 1.165) is 10.5 Å². The monoisotopic (exact) mass is 520 g/mol. The van der Waals surface area contributed by atoms with Crippen molar-refractivity contribution in [3.63, 3.8) is 0 Å². The largest absolute Gasteiger partial charge is 0.454 e. The number of carbonyl (C=O) groups is 4. The molecular weight excluding hydrogens is 500 g/mol. The maximum atomic E-state index is 12.9. The van der Waals surface area contributed by atoms with Crippen LogP contribution in [0.25, 0.3) is 0 Å². The average molecular weight is 521 g/mol. The molecule has 37 heavy (non-hydrogen) atoms. The molecule has 0 aromatic heterocycles. The quantitative estimate of drug-likeness (QED) is 0.273. The van der Waals surface area contributed by atoms with Crippen molar-refractivity contribution < 1.29 is 33.4 Å². The van der Waals surface area contributed by atoms with Crippen LogP contribution in [0.2, 0.25) is 5.02 Å². The number of fused-ring (bicyclic) bond motifs is 1. The molecule has 2 amide bonds. The first-order chi connectivity index (χ1) is 17.9. The van der Waals surface area contributed by atoms with E-state index in [1.165, 1.54) is 24.3 Å². The van der Waals surface area contributed by atoms with Gasteiger partial charge in [-0.2, -0.15) is 0 Å². The number of carbonyl (C=O) groups excluding carboxylic acids is 4. The molecule has 3 aromatic carbocycles. The topological polar surface area (TPSA) is 111 Å². The lowest BCUT2D eigenvalue weighted by Crippen LogP contribution is -2.38. The highest BCUT2D eigenvalue weighted by Crippen LogP contribution is 2.32. The fourth-order valence-corrected chi connectivity index (χ4v) is 4.16. The number of imide groups is 1. The first-order valence-corrected chi connectivity index (χ1v) is 11.8. The van der Waals surface area contributed by atoms with Gasteiger partial charge in [-0.1, -0.05) is 17.7 Å². The minimum absolute atomic E-state index is 0.0139. The first-order valence-electron chi connectivity index (χ1n) is 11.4. The van der Waals surface area contributed by atoms with Gasteiger partial charge in [-0.25, -0.2) is 9.69 Å². The van der Waals surface area contributed by atoms with Crippen LogP contribution in [0.4, 0.5) is 5.69 Å². The lowest BCUT2D eigenvalue weighted by Gasteiger charge is -2.16. The second kappa shape index (κ2) is 10.4. The van der Waals surface area contributed by atoms with Crippen LogP contribution in [0, 0.1) is 0 Å². The van der Waals surface area contributed by atoms with E-state index in [-0.39, 0.29) is 36.4 Å². The zero-order valence-corrected chi connectivity index (χ0v) is 20.2. The van der Waals surface area contributed by atoms with Crippen LogP contribution >= 0.6 is 11.6 Å². The van der Waals surface area contributed by atoms with Crippen molar-refractivity contribution in [1.82, 2.24) is 5.32 Å². The Hall–Kier alpha value is -4.21. The van der Waals surface area contributed by atoms with Crippen LogP contribution in [0.3, 0.4) is 0 Å². The number of hydrogen-bond donors (Lipinski definition) is 1. The van der Waals surface area contributed by atoms with Crippen molar-refractivity contribution in [3.05, 3.63) is 88.4 Å². The number of nitrogens with zero attached hydrogens (tertiary/aromatic N) is 1. The van der Waals surface area contributed by atoms with Crippen LogP contribution in [-0.4, -0.2) is 43.0 Å². The van der Waals surface area contributed by atoms with Crippen LogP contribution in [0.15, 0.2) is 66.7 Å². The van der Waals surface area contributed by atoms with Crippen molar-refractivity contribution >= 4 is 40.9 Å². The molecule has 0 bridgehead atoms. The Balaban J connectivity index is 1.17. The Kier molecular flexibility index (Phi) is 6.89. The molecule has 0 radical (unpaired) electrons. The number of hydrogen-bond acceptors (Lipinski definition) is 8. The number of rotatable bonds is 8. The third kappa shape index (κ3) is 5.32. The van der Waals surface area contributed by atoms with E-state index in [2.05, 4.69) is 5.32 Å². The molecule has 3 aromatic rings. The lowest BCUT2D eigenvalue weighted by molar-refractivity contribution is -0.121. The highest BCUT2D eigenvalue weighted by Gasteiger charge is 2.39. The van der Waals surface area contributed by atoms with Gasteiger partial charge in [0.25, 0.3) is 5.91 Å². The van der Waals surface area contributed by atoms with Crippen molar-refractivity contribution in [3.8, 4) is 11.5 Å². The Morgan fingerprint density at radius 2 is 1.65 bits per heavy atom. The van der Waals surface area contributed by atoms with Crippen molar-refractivity contribution in [2.75, 3.05) is 18.3 Å². The van der Waals surface area contributed by atoms with Crippen LogP contribution in [-0.2, 0) is 20.9 Å². The fraction of sp³-hybridized carbons (Fsp3) is 0.185. The summed E-state index contributed by atoms with van der Waals surface area (Å²) in [5.41, 5.74) is 1.79. The molecule has 0 aliphatic carbocycles. The molecule has 0 saturated carbocycles. The summed E-state index contributed by atoms with van der Waals surface area (Å²) in [6, 6.07) is 16.9. The second-order valence-electron chi connectivity index (χ2n) is 8.45. The van der Waals surface area contributed by atoms with E-state index in [1.807, 2.05) is 12.1 Å². The Bertz CT molecular complexity index is 1370. The van der Waals surface area contributed by atoms with Gasteiger partial charge in [-0.3, -0.25) is 14.4 Å². The Morgan fingerprint density at radius 1 is 0.946 bits per heavy atom. The van der Waals surface area contributed by atoms with E-state index in [4.69, 9.17) is 25.8 Å². The molecule has 0 spiro atoms. The van der Waals surface area contributed by atoms with Gasteiger partial charge < -0.3 is 19.5 Å². The lowest BCUT2D eigenvalue weighted by atomic mass is 10.1. The van der Waals surface area contributed by atoms with Crippen LogP contribution in [0.1, 0.15) is 32.7 Å². The van der Waals surface area contributed by atoms with Crippen molar-refractivity contribution in [1.29, 1.82) is 0 Å². The predicted octanol–water partition coefficient (Wildman–Crippen LogP) is 3.53. The van der Waals surface area contributed by atoms with Gasteiger partial charge in [-0.05, 0) is 66.2 Å². The maximum absolute atomic E-state index is 12.9. The number of halogens is 1. The number of amides is 2. The third-order valence-electron chi connectivity index (χ3n) is 6.00. The molecule has 1 N–H and O–H groups in total. The standard InChI is InChI=1S/C27H21ClN2O7/c28-19-6-2-17(3-7-19)22(31)14-35-27(34)18-4-8-20(9-5-18)30-25(32)12-21(26(30)33)29-13-16-1-10-23-24(11-16)37-15-36-23/h1-11,21,29H,12-15H2. The van der Waals surface area contributed by atoms with Gasteiger partial charge >= 0.3 is 5.97 Å². The summed E-state index contributed by atoms with van der Waals surface area (Å²) in [4.78, 5) is 51.2. The fourth-order valence-electron chi connectivity index (χ4n) is 4.03. The van der Waals surface area contributed by atoms with Crippen molar-refractivity contribution in [2.24, 2.45) is 0 Å². The van der Waals surface area contributed by atoms with E-state index in [9.17, 15) is 19.2 Å². The summed E-state index contributed by atoms with van der Waals surface area (Å²) in [5, 5.41) is 3.62. The SMILES string of the molecule is O=C(COC(=O)c1ccc(N2C(=O)CC(NCc3ccc4c(c3)OCO4)C2=O)cc1)c1ccc(Cl)cc1. The van der Waals surface area contributed by atoms with E-state index < -0.39 is 18.6 Å². The van der Waals surface area contributed by atoms with Gasteiger partial charge in [0.1, 0.15) is 0 Å². The molecule has 2 aliphatic heterocycles. The predicted molar refractivity (Wildman–Crippen MR) is 133 cm³/mol. The van der Waals surface area contributed by atoms with Gasteiger partial charge in [0, 0.05) is 17.1 Å². The summed E-state index contributed by atoms with van der Waals surface area (Å²) in [5.74, 6) is -0.484. The third-order valence-corrected chi connectivity index (χ3v) is 6.25. The second-order valence-corrected chi connectivity index (χ2v) is 8.88. The van der Waals surface area contributed by atoms with Crippen molar-refractivity contribution in [2.45, 2.75) is 19.0 Å². The number of anilines is 1. The molecule has 1 fully saturated rings. The molecule has 2 aliphatic rings. The number of esters is 1. The van der Waals surface area contributed by atoms with E-state index in [1.54, 1.807) is 30.3 Å². The normalized spacial score (nSPS) is 16.2. The number of nitrogens with one attached hydrogen (secondary N) is 1. The number of ether oxygens (including phenoxy) is 3. The average Bonchev–Trinajstić information content (AvgIpc) is 3.49. The summed E-state index contributed by atoms with van der Waals surface area (Å²) < 4.78 is 15.8. The molecule has 9 nitrogen and oxygen atoms in total. The molecule has 10 heteroatoms. The summed E-state index contributed by atoms with van der Waals surface area (Å²) in [7, 11) is 0. The summed E-state index contributed by atoms with van der Waals surface area (Å²) in [6.07, 6.45) is 0.0139. The van der Waals surface area contributed by atoms with Gasteiger partial charge in [0.15, 0.2) is 23.9 Å². The highest BCUT2D eigenvalue weighted by atomic mass is 35.5. The van der Waals surface area contributed by atoms with Gasteiger partial charge in [0.05, 0.1) is 23.7 Å². The smallest absolute Gasteiger partial charge is 0.338 e. The van der Waals surface area contributed by atoms with Gasteiger partial charge in [-0.15, -0.1) is 0 Å². The zero-order chi connectivity index (χ0) is 25.9. The minimum Gasteiger partial charge on any atom is -0.454 e. The van der Waals surface area contributed by atoms with Crippen LogP contribution < -0.4 is 19.7 Å². The molecule has 1 atom stereocenters. The minimum atomic E-state index is -0.698. The van der Waals surface area contributed by atoms with E-state index in [0.29, 0.717) is 34.3 Å². The number of benzene rings is 3. The zero-order valence-electron chi connectivity index (χ0n) is 19.4. The highest BCUT2D eigenvalue weighted by molar-refractivity contribution is 6.30. The molecular formula is C27H21ClN2O7.